The van der Waals surface area contributed by atoms with Gasteiger partial charge in [-0.15, -0.1) is 0 Å². The molecule has 1 atom stereocenters. The first kappa shape index (κ1) is 15.3. The quantitative estimate of drug-likeness (QED) is 0.838. The zero-order valence-electron chi connectivity index (χ0n) is 11.5. The summed E-state index contributed by atoms with van der Waals surface area (Å²) in [6, 6.07) is 14.6. The molecule has 0 amide bonds. The van der Waals surface area contributed by atoms with Crippen molar-refractivity contribution in [3.63, 3.8) is 0 Å². The number of benzene rings is 2. The molecular formula is C17H15ClO3. The highest BCUT2D eigenvalue weighted by Crippen LogP contribution is 2.22. The molecule has 0 aromatic heterocycles. The van der Waals surface area contributed by atoms with Crippen LogP contribution in [0.4, 0.5) is 0 Å². The highest BCUT2D eigenvalue weighted by Gasteiger charge is 2.16. The Morgan fingerprint density at radius 1 is 1.00 bits per heavy atom. The van der Waals surface area contributed by atoms with Crippen LogP contribution in [-0.2, 0) is 4.79 Å². The lowest BCUT2D eigenvalue weighted by molar-refractivity contribution is -0.141. The summed E-state index contributed by atoms with van der Waals surface area (Å²) in [5, 5.41) is 9.50. The smallest absolute Gasteiger partial charge is 0.306 e. The molecule has 108 valence electrons. The van der Waals surface area contributed by atoms with Gasteiger partial charge in [-0.2, -0.15) is 0 Å². The minimum absolute atomic E-state index is 0.00955. The van der Waals surface area contributed by atoms with E-state index in [0.29, 0.717) is 10.6 Å². The van der Waals surface area contributed by atoms with Crippen molar-refractivity contribution in [2.45, 2.75) is 13.3 Å². The SMILES string of the molecule is CC(CC(=O)c1ccc(-c2ccc(Cl)cc2)cc1)C(=O)O. The fourth-order valence-electron chi connectivity index (χ4n) is 1.97. The summed E-state index contributed by atoms with van der Waals surface area (Å²) in [5.74, 6) is -1.79. The number of carboxylic acids is 1. The maximum atomic E-state index is 12.0. The van der Waals surface area contributed by atoms with Gasteiger partial charge in [-0.3, -0.25) is 9.59 Å². The summed E-state index contributed by atoms with van der Waals surface area (Å²) in [6.07, 6.45) is 0.00955. The number of hydrogen-bond donors (Lipinski definition) is 1. The number of halogens is 1. The van der Waals surface area contributed by atoms with Crippen molar-refractivity contribution in [3.05, 3.63) is 59.1 Å². The normalized spacial score (nSPS) is 11.9. The van der Waals surface area contributed by atoms with Gasteiger partial charge in [-0.1, -0.05) is 54.9 Å². The van der Waals surface area contributed by atoms with Crippen molar-refractivity contribution >= 4 is 23.4 Å². The molecule has 3 nitrogen and oxygen atoms in total. The van der Waals surface area contributed by atoms with Crippen LogP contribution in [0, 0.1) is 5.92 Å². The van der Waals surface area contributed by atoms with E-state index in [0.717, 1.165) is 11.1 Å². The number of hydrogen-bond acceptors (Lipinski definition) is 2. The second-order valence-corrected chi connectivity index (χ2v) is 5.39. The summed E-state index contributed by atoms with van der Waals surface area (Å²) < 4.78 is 0. The van der Waals surface area contributed by atoms with Gasteiger partial charge in [0.15, 0.2) is 5.78 Å². The Bertz CT molecular complexity index is 645. The number of ketones is 1. The first-order valence-corrected chi connectivity index (χ1v) is 6.97. The Morgan fingerprint density at radius 2 is 1.48 bits per heavy atom. The largest absolute Gasteiger partial charge is 0.481 e. The van der Waals surface area contributed by atoms with Crippen LogP contribution in [0.2, 0.25) is 5.02 Å². The van der Waals surface area contributed by atoms with Gasteiger partial charge in [0.05, 0.1) is 5.92 Å². The van der Waals surface area contributed by atoms with Crippen LogP contribution >= 0.6 is 11.6 Å². The molecule has 0 fully saturated rings. The fourth-order valence-corrected chi connectivity index (χ4v) is 2.10. The zero-order valence-corrected chi connectivity index (χ0v) is 12.3. The van der Waals surface area contributed by atoms with Crippen molar-refractivity contribution in [2.24, 2.45) is 5.92 Å². The van der Waals surface area contributed by atoms with Gasteiger partial charge in [0.1, 0.15) is 0 Å². The summed E-state index contributed by atoms with van der Waals surface area (Å²) in [6.45, 7) is 1.53. The van der Waals surface area contributed by atoms with Crippen LogP contribution < -0.4 is 0 Å². The third-order valence-corrected chi connectivity index (χ3v) is 3.55. The molecule has 0 saturated heterocycles. The number of Topliss-reactive ketones (excluding diaryl/α,β-unsaturated/α-hetero) is 1. The van der Waals surface area contributed by atoms with E-state index in [9.17, 15) is 9.59 Å². The van der Waals surface area contributed by atoms with E-state index >= 15 is 0 Å². The molecule has 2 aromatic rings. The Balaban J connectivity index is 2.13. The number of rotatable bonds is 5. The Hall–Kier alpha value is -2.13. The Morgan fingerprint density at radius 3 is 1.95 bits per heavy atom. The van der Waals surface area contributed by atoms with E-state index in [-0.39, 0.29) is 12.2 Å². The zero-order chi connectivity index (χ0) is 15.4. The van der Waals surface area contributed by atoms with E-state index in [2.05, 4.69) is 0 Å². The minimum atomic E-state index is -0.957. The lowest BCUT2D eigenvalue weighted by Gasteiger charge is -2.07. The number of carbonyl (C=O) groups is 2. The molecule has 4 heteroatoms. The van der Waals surface area contributed by atoms with Crippen molar-refractivity contribution in [3.8, 4) is 11.1 Å². The maximum absolute atomic E-state index is 12.0. The van der Waals surface area contributed by atoms with E-state index in [1.807, 2.05) is 36.4 Å². The van der Waals surface area contributed by atoms with Crippen molar-refractivity contribution in [1.82, 2.24) is 0 Å². The third kappa shape index (κ3) is 3.92. The van der Waals surface area contributed by atoms with Crippen molar-refractivity contribution in [1.29, 1.82) is 0 Å². The van der Waals surface area contributed by atoms with E-state index in [1.54, 1.807) is 12.1 Å². The molecule has 0 saturated carbocycles. The molecule has 0 heterocycles. The molecule has 0 spiro atoms. The van der Waals surface area contributed by atoms with Gasteiger partial charge in [0.25, 0.3) is 0 Å². The maximum Gasteiger partial charge on any atom is 0.306 e. The first-order chi connectivity index (χ1) is 9.97. The molecule has 1 N–H and O–H groups in total. The number of carboxylic acid groups (broad SMARTS) is 1. The van der Waals surface area contributed by atoms with Crippen LogP contribution in [0.5, 0.6) is 0 Å². The van der Waals surface area contributed by atoms with E-state index in [4.69, 9.17) is 16.7 Å². The minimum Gasteiger partial charge on any atom is -0.481 e. The predicted octanol–water partition coefficient (Wildman–Crippen LogP) is 4.30. The van der Waals surface area contributed by atoms with Crippen LogP contribution in [-0.4, -0.2) is 16.9 Å². The Labute approximate surface area is 128 Å². The van der Waals surface area contributed by atoms with Crippen molar-refractivity contribution < 1.29 is 14.7 Å². The summed E-state index contributed by atoms with van der Waals surface area (Å²) in [5.41, 5.74) is 2.52. The van der Waals surface area contributed by atoms with E-state index in [1.165, 1.54) is 6.92 Å². The summed E-state index contributed by atoms with van der Waals surface area (Å²) in [4.78, 5) is 22.7. The summed E-state index contributed by atoms with van der Waals surface area (Å²) in [7, 11) is 0. The van der Waals surface area contributed by atoms with Gasteiger partial charge < -0.3 is 5.11 Å². The predicted molar refractivity (Wildman–Crippen MR) is 82.6 cm³/mol. The highest BCUT2D eigenvalue weighted by molar-refractivity contribution is 6.30. The van der Waals surface area contributed by atoms with Crippen LogP contribution in [0.15, 0.2) is 48.5 Å². The molecule has 0 aliphatic heterocycles. The third-order valence-electron chi connectivity index (χ3n) is 3.30. The molecular weight excluding hydrogens is 288 g/mol. The second-order valence-electron chi connectivity index (χ2n) is 4.95. The molecule has 0 aliphatic rings. The molecule has 2 aromatic carbocycles. The molecule has 0 bridgehead atoms. The lowest BCUT2D eigenvalue weighted by Crippen LogP contribution is -2.14. The second kappa shape index (κ2) is 6.55. The van der Waals surface area contributed by atoms with Crippen LogP contribution in [0.25, 0.3) is 11.1 Å². The summed E-state index contributed by atoms with van der Waals surface area (Å²) >= 11 is 5.85. The lowest BCUT2D eigenvalue weighted by atomic mass is 9.97. The average Bonchev–Trinajstić information content (AvgIpc) is 2.48. The standard InChI is InChI=1S/C17H15ClO3/c1-11(17(20)21)10-16(19)14-4-2-12(3-5-14)13-6-8-15(18)9-7-13/h2-9,11H,10H2,1H3,(H,20,21). The number of aliphatic carboxylic acids is 1. The van der Waals surface area contributed by atoms with Gasteiger partial charge in [0.2, 0.25) is 0 Å². The van der Waals surface area contributed by atoms with Crippen LogP contribution in [0.3, 0.4) is 0 Å². The molecule has 21 heavy (non-hydrogen) atoms. The van der Waals surface area contributed by atoms with Gasteiger partial charge in [-0.05, 0) is 23.3 Å². The fraction of sp³-hybridized carbons (Fsp3) is 0.176. The molecule has 2 rings (SSSR count). The van der Waals surface area contributed by atoms with Gasteiger partial charge in [0, 0.05) is 17.0 Å². The van der Waals surface area contributed by atoms with Gasteiger partial charge >= 0.3 is 5.97 Å². The molecule has 1 unspecified atom stereocenters. The monoisotopic (exact) mass is 302 g/mol. The first-order valence-electron chi connectivity index (χ1n) is 6.59. The Kier molecular flexibility index (Phi) is 4.76. The van der Waals surface area contributed by atoms with E-state index < -0.39 is 11.9 Å². The van der Waals surface area contributed by atoms with Crippen molar-refractivity contribution in [2.75, 3.05) is 0 Å². The average molecular weight is 303 g/mol. The molecule has 0 aliphatic carbocycles. The van der Waals surface area contributed by atoms with Gasteiger partial charge in [-0.25, -0.2) is 0 Å². The van der Waals surface area contributed by atoms with Crippen LogP contribution in [0.1, 0.15) is 23.7 Å². The molecule has 0 radical (unpaired) electrons. The topological polar surface area (TPSA) is 54.4 Å². The highest BCUT2D eigenvalue weighted by atomic mass is 35.5. The number of carbonyl (C=O) groups excluding carboxylic acids is 1.